The number of nitrogens with zero attached hydrogens (tertiary/aromatic N) is 3. The van der Waals surface area contributed by atoms with Crippen LogP contribution in [0.1, 0.15) is 70.0 Å². The van der Waals surface area contributed by atoms with Crippen LogP contribution in [0.4, 0.5) is 0 Å². The lowest BCUT2D eigenvalue weighted by Gasteiger charge is -2.20. The Bertz CT molecular complexity index is 341. The maximum absolute atomic E-state index is 6.04. The molecular weight excluding hydrogens is 224 g/mol. The van der Waals surface area contributed by atoms with Crippen LogP contribution in [0.2, 0.25) is 0 Å². The van der Waals surface area contributed by atoms with Crippen LogP contribution < -0.4 is 5.73 Å². The summed E-state index contributed by atoms with van der Waals surface area (Å²) in [5.41, 5.74) is 6.99. The van der Waals surface area contributed by atoms with Gasteiger partial charge >= 0.3 is 0 Å². The minimum absolute atomic E-state index is 0.0541. The van der Waals surface area contributed by atoms with E-state index in [4.69, 9.17) is 5.73 Å². The van der Waals surface area contributed by atoms with Crippen molar-refractivity contribution < 1.29 is 0 Å². The van der Waals surface area contributed by atoms with Gasteiger partial charge in [0, 0.05) is 6.54 Å². The normalized spacial score (nSPS) is 19.0. The van der Waals surface area contributed by atoms with Crippen LogP contribution in [-0.4, -0.2) is 15.0 Å². The molecule has 1 atom stereocenters. The predicted octanol–water partition coefficient (Wildman–Crippen LogP) is 3.05. The summed E-state index contributed by atoms with van der Waals surface area (Å²) in [6.07, 6.45) is 12.4. The third-order valence-corrected chi connectivity index (χ3v) is 4.03. The molecule has 1 fully saturated rings. The van der Waals surface area contributed by atoms with Gasteiger partial charge in [0.25, 0.3) is 0 Å². The fourth-order valence-corrected chi connectivity index (χ4v) is 2.84. The molecule has 4 nitrogen and oxygen atoms in total. The Balaban J connectivity index is 1.79. The fraction of sp³-hybridized carbons (Fsp3) is 0.857. The molecule has 1 aromatic rings. The Morgan fingerprint density at radius 3 is 2.89 bits per heavy atom. The standard InChI is InChI=1S/C14H26N4/c1-2-6-13(15)14-11-18(17-16-14)10-9-12-7-4-3-5-8-12/h11-13H,2-10,15H2,1H3. The molecule has 4 heteroatoms. The Labute approximate surface area is 110 Å². The quantitative estimate of drug-likeness (QED) is 0.844. The smallest absolute Gasteiger partial charge is 0.0994 e. The lowest BCUT2D eigenvalue weighted by atomic mass is 9.87. The van der Waals surface area contributed by atoms with Gasteiger partial charge in [-0.15, -0.1) is 5.10 Å². The largest absolute Gasteiger partial charge is 0.323 e. The second-order valence-corrected chi connectivity index (χ2v) is 5.59. The Morgan fingerprint density at radius 2 is 2.17 bits per heavy atom. The van der Waals surface area contributed by atoms with Crippen LogP contribution >= 0.6 is 0 Å². The van der Waals surface area contributed by atoms with Crippen LogP contribution in [0.3, 0.4) is 0 Å². The summed E-state index contributed by atoms with van der Waals surface area (Å²) in [4.78, 5) is 0. The maximum Gasteiger partial charge on any atom is 0.0994 e. The Hall–Kier alpha value is -0.900. The van der Waals surface area contributed by atoms with Gasteiger partial charge in [-0.25, -0.2) is 0 Å². The first kappa shape index (κ1) is 13.5. The molecule has 0 aromatic carbocycles. The second-order valence-electron chi connectivity index (χ2n) is 5.59. The predicted molar refractivity (Wildman–Crippen MR) is 73.1 cm³/mol. The first-order valence-electron chi connectivity index (χ1n) is 7.45. The summed E-state index contributed by atoms with van der Waals surface area (Å²) in [6.45, 7) is 3.14. The summed E-state index contributed by atoms with van der Waals surface area (Å²) in [5, 5.41) is 8.38. The van der Waals surface area contributed by atoms with Crippen molar-refractivity contribution in [3.05, 3.63) is 11.9 Å². The summed E-state index contributed by atoms with van der Waals surface area (Å²) < 4.78 is 1.97. The van der Waals surface area contributed by atoms with Crippen molar-refractivity contribution in [1.29, 1.82) is 0 Å². The van der Waals surface area contributed by atoms with Crippen LogP contribution in [0, 0.1) is 5.92 Å². The third-order valence-electron chi connectivity index (χ3n) is 4.03. The zero-order valence-electron chi connectivity index (χ0n) is 11.5. The number of hydrogen-bond donors (Lipinski definition) is 1. The summed E-state index contributed by atoms with van der Waals surface area (Å²) in [7, 11) is 0. The number of rotatable bonds is 6. The SMILES string of the molecule is CCCC(N)c1cn(CCC2CCCCC2)nn1. The van der Waals surface area contributed by atoms with E-state index in [1.54, 1.807) is 0 Å². The molecule has 1 aromatic heterocycles. The van der Waals surface area contributed by atoms with E-state index >= 15 is 0 Å². The molecular formula is C14H26N4. The zero-order chi connectivity index (χ0) is 12.8. The van der Waals surface area contributed by atoms with E-state index in [0.29, 0.717) is 0 Å². The van der Waals surface area contributed by atoms with Crippen LogP contribution in [-0.2, 0) is 6.54 Å². The van der Waals surface area contributed by atoms with Crippen molar-refractivity contribution in [1.82, 2.24) is 15.0 Å². The minimum atomic E-state index is 0.0541. The van der Waals surface area contributed by atoms with Gasteiger partial charge in [-0.05, 0) is 18.8 Å². The average molecular weight is 250 g/mol. The van der Waals surface area contributed by atoms with Gasteiger partial charge in [0.2, 0.25) is 0 Å². The average Bonchev–Trinajstić information content (AvgIpc) is 2.87. The number of hydrogen-bond acceptors (Lipinski definition) is 3. The van der Waals surface area contributed by atoms with Crippen molar-refractivity contribution >= 4 is 0 Å². The topological polar surface area (TPSA) is 56.7 Å². The second kappa shape index (κ2) is 6.88. The minimum Gasteiger partial charge on any atom is -0.323 e. The Kier molecular flexibility index (Phi) is 5.17. The molecule has 1 aliphatic rings. The summed E-state index contributed by atoms with van der Waals surface area (Å²) >= 11 is 0. The summed E-state index contributed by atoms with van der Waals surface area (Å²) in [5.74, 6) is 0.899. The molecule has 0 bridgehead atoms. The molecule has 18 heavy (non-hydrogen) atoms. The highest BCUT2D eigenvalue weighted by Crippen LogP contribution is 2.26. The van der Waals surface area contributed by atoms with Gasteiger partial charge in [-0.1, -0.05) is 50.7 Å². The monoisotopic (exact) mass is 250 g/mol. The lowest BCUT2D eigenvalue weighted by molar-refractivity contribution is 0.317. The van der Waals surface area contributed by atoms with Gasteiger partial charge in [0.1, 0.15) is 0 Å². The molecule has 0 aliphatic heterocycles. The van der Waals surface area contributed by atoms with Crippen LogP contribution in [0.5, 0.6) is 0 Å². The highest BCUT2D eigenvalue weighted by Gasteiger charge is 2.14. The molecule has 2 rings (SSSR count). The van der Waals surface area contributed by atoms with E-state index in [2.05, 4.69) is 17.2 Å². The molecule has 0 spiro atoms. The van der Waals surface area contributed by atoms with Gasteiger partial charge in [-0.2, -0.15) is 0 Å². The first-order chi connectivity index (χ1) is 8.79. The van der Waals surface area contributed by atoms with Crippen molar-refractivity contribution in [2.75, 3.05) is 0 Å². The van der Waals surface area contributed by atoms with E-state index in [-0.39, 0.29) is 6.04 Å². The molecule has 0 saturated heterocycles. The molecule has 102 valence electrons. The molecule has 0 radical (unpaired) electrons. The van der Waals surface area contributed by atoms with Crippen LogP contribution in [0.25, 0.3) is 0 Å². The first-order valence-corrected chi connectivity index (χ1v) is 7.45. The number of aryl methyl sites for hydroxylation is 1. The van der Waals surface area contributed by atoms with E-state index in [0.717, 1.165) is 31.0 Å². The van der Waals surface area contributed by atoms with Crippen molar-refractivity contribution in [3.63, 3.8) is 0 Å². The highest BCUT2D eigenvalue weighted by atomic mass is 15.4. The van der Waals surface area contributed by atoms with E-state index in [9.17, 15) is 0 Å². The molecule has 1 aliphatic carbocycles. The fourth-order valence-electron chi connectivity index (χ4n) is 2.84. The van der Waals surface area contributed by atoms with Gasteiger partial charge in [0.15, 0.2) is 0 Å². The molecule has 0 amide bonds. The van der Waals surface area contributed by atoms with E-state index in [1.807, 2.05) is 10.9 Å². The van der Waals surface area contributed by atoms with Crippen molar-refractivity contribution in [2.24, 2.45) is 11.7 Å². The lowest BCUT2D eigenvalue weighted by Crippen LogP contribution is -2.11. The Morgan fingerprint density at radius 1 is 1.39 bits per heavy atom. The van der Waals surface area contributed by atoms with E-state index in [1.165, 1.54) is 38.5 Å². The highest BCUT2D eigenvalue weighted by molar-refractivity contribution is 4.99. The maximum atomic E-state index is 6.04. The number of nitrogens with two attached hydrogens (primary N) is 1. The van der Waals surface area contributed by atoms with Gasteiger partial charge in [-0.3, -0.25) is 4.68 Å². The molecule has 1 saturated carbocycles. The van der Waals surface area contributed by atoms with E-state index < -0.39 is 0 Å². The third kappa shape index (κ3) is 3.80. The summed E-state index contributed by atoms with van der Waals surface area (Å²) in [6, 6.07) is 0.0541. The molecule has 1 heterocycles. The van der Waals surface area contributed by atoms with Crippen molar-refractivity contribution in [3.8, 4) is 0 Å². The molecule has 2 N–H and O–H groups in total. The van der Waals surface area contributed by atoms with Crippen LogP contribution in [0.15, 0.2) is 6.20 Å². The van der Waals surface area contributed by atoms with Crippen molar-refractivity contribution in [2.45, 2.75) is 70.9 Å². The number of aromatic nitrogens is 3. The molecule has 1 unspecified atom stereocenters. The van der Waals surface area contributed by atoms with Gasteiger partial charge in [0.05, 0.1) is 17.9 Å². The zero-order valence-corrected chi connectivity index (χ0v) is 11.5. The van der Waals surface area contributed by atoms with Gasteiger partial charge < -0.3 is 5.73 Å².